The van der Waals surface area contributed by atoms with E-state index in [2.05, 4.69) is 0 Å². The fraction of sp³-hybridized carbons (Fsp3) is 0. The molecule has 0 aliphatic rings. The van der Waals surface area contributed by atoms with Crippen LogP contribution in [0.4, 0.5) is 0 Å². The van der Waals surface area contributed by atoms with Crippen molar-refractivity contribution in [1.82, 2.24) is 13.6 Å². The van der Waals surface area contributed by atoms with Gasteiger partial charge in [-0.2, -0.15) is 0 Å². The van der Waals surface area contributed by atoms with Crippen LogP contribution >= 0.6 is 23.6 Å². The zero-order valence-corrected chi connectivity index (χ0v) is 10.5. The fourth-order valence-corrected chi connectivity index (χ4v) is 0.699. The number of nitrogens with zero attached hydrogens (tertiary/aromatic N) is 2. The Morgan fingerprint density at radius 1 is 1.17 bits per heavy atom. The maximum atomic E-state index is 10.6. The summed E-state index contributed by atoms with van der Waals surface area (Å²) in [4.78, 5) is 31.6. The van der Waals surface area contributed by atoms with Gasteiger partial charge in [0.05, 0.1) is 11.8 Å². The summed E-state index contributed by atoms with van der Waals surface area (Å²) >= 11 is 10.3. The van der Waals surface area contributed by atoms with E-state index in [1.807, 2.05) is 0 Å². The molecule has 1 rings (SSSR count). The number of hydrogen-bond donors (Lipinski definition) is 1. The first-order chi connectivity index (χ1) is 5.04. The SMILES string of the molecule is O=c1[nH]n(Cl)n(Cl)c(=O)c1=O.[K]. The van der Waals surface area contributed by atoms with Crippen molar-refractivity contribution in [1.29, 1.82) is 0 Å². The van der Waals surface area contributed by atoms with Crippen molar-refractivity contribution < 1.29 is 0 Å². The van der Waals surface area contributed by atoms with Crippen LogP contribution in [0.5, 0.6) is 0 Å². The Hall–Kier alpha value is 0.626. The number of H-pyrrole nitrogens is 1. The third-order valence-corrected chi connectivity index (χ3v) is 1.53. The third kappa shape index (κ3) is 2.31. The average molecular weight is 237 g/mol. The molecule has 1 aromatic heterocycles. The average Bonchev–Trinajstić information content (AvgIpc) is 1.97. The number of nitrogens with one attached hydrogen (secondary N) is 1. The molecule has 0 saturated carbocycles. The second kappa shape index (κ2) is 4.75. The largest absolute Gasteiger partial charge is 0.336 e. The van der Waals surface area contributed by atoms with E-state index in [0.29, 0.717) is 4.32 Å². The quantitative estimate of drug-likeness (QED) is 0.432. The van der Waals surface area contributed by atoms with Gasteiger partial charge in [0, 0.05) is 63.2 Å². The van der Waals surface area contributed by atoms with Gasteiger partial charge in [0.1, 0.15) is 0 Å². The summed E-state index contributed by atoms with van der Waals surface area (Å²) in [5.74, 6) is 0. The minimum absolute atomic E-state index is 0. The molecule has 1 radical (unpaired) electrons. The first kappa shape index (κ1) is 12.6. The monoisotopic (exact) mass is 236 g/mol. The van der Waals surface area contributed by atoms with E-state index in [-0.39, 0.29) is 55.6 Å². The Kier molecular flexibility index (Phi) is 5.00. The van der Waals surface area contributed by atoms with Crippen molar-refractivity contribution in [2.75, 3.05) is 0 Å². The standard InChI is InChI=1S/C3HCl2N3O3.K/c4-7-3(11)1(9)2(10)6-8(7)5;/h(H,6,10);. The maximum absolute atomic E-state index is 10.6. The van der Waals surface area contributed by atoms with Gasteiger partial charge in [-0.25, -0.2) is 5.10 Å². The molecule has 0 atom stereocenters. The maximum Gasteiger partial charge on any atom is 0.336 e. The van der Waals surface area contributed by atoms with Crippen LogP contribution in [-0.4, -0.2) is 65.0 Å². The van der Waals surface area contributed by atoms with Gasteiger partial charge < -0.3 is 0 Å². The zero-order chi connectivity index (χ0) is 8.59. The van der Waals surface area contributed by atoms with E-state index in [9.17, 15) is 14.4 Å². The number of aromatic amines is 1. The van der Waals surface area contributed by atoms with Crippen LogP contribution in [0.1, 0.15) is 0 Å². The van der Waals surface area contributed by atoms with Gasteiger partial charge in [-0.1, -0.05) is 0 Å². The third-order valence-electron chi connectivity index (χ3n) is 0.916. The Morgan fingerprint density at radius 2 is 1.67 bits per heavy atom. The van der Waals surface area contributed by atoms with Gasteiger partial charge in [-0.05, 0) is 0 Å². The number of rotatable bonds is 0. The van der Waals surface area contributed by atoms with Gasteiger partial charge in [0.25, 0.3) is 0 Å². The summed E-state index contributed by atoms with van der Waals surface area (Å²) in [6.45, 7) is 0. The second-order valence-electron chi connectivity index (χ2n) is 1.60. The molecule has 0 unspecified atom stereocenters. The van der Waals surface area contributed by atoms with Crippen molar-refractivity contribution in [3.8, 4) is 0 Å². The van der Waals surface area contributed by atoms with Crippen LogP contribution in [0.3, 0.4) is 0 Å². The van der Waals surface area contributed by atoms with Crippen molar-refractivity contribution >= 4 is 74.9 Å². The molecule has 61 valence electrons. The molecule has 0 amide bonds. The van der Waals surface area contributed by atoms with Gasteiger partial charge in [-0.3, -0.25) is 14.4 Å². The molecule has 0 aliphatic carbocycles. The topological polar surface area (TPSA) is 76.9 Å². The first-order valence-electron chi connectivity index (χ1n) is 2.35. The Labute approximate surface area is 118 Å². The molecule has 1 N–H and O–H groups in total. The molecule has 1 aromatic rings. The predicted molar refractivity (Wildman–Crippen MR) is 43.8 cm³/mol. The van der Waals surface area contributed by atoms with Crippen LogP contribution in [0, 0.1) is 0 Å². The minimum atomic E-state index is -1.25. The molecule has 12 heavy (non-hydrogen) atoms. The van der Waals surface area contributed by atoms with Gasteiger partial charge >= 0.3 is 16.5 Å². The Balaban J connectivity index is 0.00000121. The molecular formula is C3HCl2KN3O3. The van der Waals surface area contributed by atoms with Crippen molar-refractivity contribution in [3.63, 3.8) is 0 Å². The second-order valence-corrected chi connectivity index (χ2v) is 2.24. The van der Waals surface area contributed by atoms with Crippen LogP contribution in [0.15, 0.2) is 14.4 Å². The summed E-state index contributed by atoms with van der Waals surface area (Å²) in [5.41, 5.74) is -3.55. The fourth-order valence-electron chi connectivity index (χ4n) is 0.439. The molecular weight excluding hydrogens is 236 g/mol. The van der Waals surface area contributed by atoms with Gasteiger partial charge in [-0.15, -0.1) is 8.52 Å². The van der Waals surface area contributed by atoms with Gasteiger partial charge in [0.2, 0.25) is 0 Å². The van der Waals surface area contributed by atoms with E-state index in [0.717, 1.165) is 0 Å². The predicted octanol–water partition coefficient (Wildman–Crippen LogP) is -1.68. The minimum Gasteiger partial charge on any atom is -0.277 e. The van der Waals surface area contributed by atoms with E-state index in [4.69, 9.17) is 23.6 Å². The van der Waals surface area contributed by atoms with E-state index >= 15 is 0 Å². The smallest absolute Gasteiger partial charge is 0.277 e. The van der Waals surface area contributed by atoms with Crippen LogP contribution in [0.2, 0.25) is 0 Å². The van der Waals surface area contributed by atoms with Gasteiger partial charge in [0.15, 0.2) is 0 Å². The van der Waals surface area contributed by atoms with E-state index in [1.165, 1.54) is 0 Å². The summed E-state index contributed by atoms with van der Waals surface area (Å²) in [5, 5.41) is 1.79. The molecule has 6 nitrogen and oxygen atoms in total. The Bertz CT molecular complexity index is 445. The number of aromatic nitrogens is 3. The molecule has 1 heterocycles. The van der Waals surface area contributed by atoms with Crippen molar-refractivity contribution in [3.05, 3.63) is 30.9 Å². The normalized spacial score (nSPS) is 9.17. The molecule has 9 heteroatoms. The van der Waals surface area contributed by atoms with Crippen LogP contribution < -0.4 is 16.5 Å². The van der Waals surface area contributed by atoms with Crippen LogP contribution in [-0.2, 0) is 0 Å². The molecule has 0 saturated heterocycles. The molecule has 0 spiro atoms. The summed E-state index contributed by atoms with van der Waals surface area (Å²) in [6.07, 6.45) is 0. The zero-order valence-electron chi connectivity index (χ0n) is 5.88. The summed E-state index contributed by atoms with van der Waals surface area (Å²) < 4.78 is 0.638. The Morgan fingerprint density at radius 3 is 2.17 bits per heavy atom. The van der Waals surface area contributed by atoms with Crippen LogP contribution in [0.25, 0.3) is 0 Å². The first-order valence-corrected chi connectivity index (χ1v) is 3.02. The summed E-state index contributed by atoms with van der Waals surface area (Å²) in [7, 11) is 0. The number of hydrogen-bond acceptors (Lipinski definition) is 3. The molecule has 0 aromatic carbocycles. The molecule has 0 aliphatic heterocycles. The van der Waals surface area contributed by atoms with Crippen molar-refractivity contribution in [2.45, 2.75) is 0 Å². The van der Waals surface area contributed by atoms with E-state index in [1.54, 1.807) is 5.10 Å². The molecule has 0 fully saturated rings. The van der Waals surface area contributed by atoms with Crippen molar-refractivity contribution in [2.24, 2.45) is 0 Å². The number of halogens is 2. The summed E-state index contributed by atoms with van der Waals surface area (Å²) in [6, 6.07) is 0. The molecule has 0 bridgehead atoms. The van der Waals surface area contributed by atoms with E-state index < -0.39 is 16.5 Å².